The molecule has 2 saturated heterocycles. The number of benzene rings is 1. The molecule has 0 aromatic heterocycles. The van der Waals surface area contributed by atoms with Gasteiger partial charge in [0.05, 0.1) is 29.7 Å². The van der Waals surface area contributed by atoms with Gasteiger partial charge in [-0.3, -0.25) is 14.4 Å². The van der Waals surface area contributed by atoms with E-state index in [1.54, 1.807) is 34.0 Å². The molecule has 310 valence electrons. The summed E-state index contributed by atoms with van der Waals surface area (Å²) in [5, 5.41) is 12.3. The lowest BCUT2D eigenvalue weighted by molar-refractivity contribution is -0.187. The summed E-state index contributed by atoms with van der Waals surface area (Å²) in [5.74, 6) is -1.04. The number of rotatable bonds is 7. The van der Waals surface area contributed by atoms with Crippen molar-refractivity contribution < 1.29 is 43.2 Å². The maximum atomic E-state index is 14.2. The van der Waals surface area contributed by atoms with Crippen LogP contribution in [0.2, 0.25) is 5.02 Å². The number of allylic oxidation sites excluding steroid dienone is 3. The molecule has 11 nitrogen and oxygen atoms in total. The monoisotopic (exact) mass is 798 g/mol. The minimum atomic E-state index is -1.55. The minimum Gasteiger partial charge on any atom is -0.462 e. The van der Waals surface area contributed by atoms with Gasteiger partial charge in [0.1, 0.15) is 35.6 Å². The summed E-state index contributed by atoms with van der Waals surface area (Å²) in [4.78, 5) is 57.9. The van der Waals surface area contributed by atoms with Gasteiger partial charge in [-0.05, 0) is 95.2 Å². The Hall–Kier alpha value is -3.25. The number of hydrogen-bond acceptors (Lipinski definition) is 9. The van der Waals surface area contributed by atoms with Crippen LogP contribution in [-0.2, 0) is 44.5 Å². The molecule has 0 spiro atoms. The van der Waals surface area contributed by atoms with Crippen LogP contribution in [0.4, 0.5) is 5.69 Å². The minimum absolute atomic E-state index is 0.0834. The van der Waals surface area contributed by atoms with Gasteiger partial charge in [-0.1, -0.05) is 62.2 Å². The Balaban J connectivity index is 1.44. The van der Waals surface area contributed by atoms with Gasteiger partial charge in [0.25, 0.3) is 0 Å². The third kappa shape index (κ3) is 9.71. The molecule has 3 aliphatic heterocycles. The van der Waals surface area contributed by atoms with E-state index in [-0.39, 0.29) is 37.0 Å². The van der Waals surface area contributed by atoms with Crippen molar-refractivity contribution in [3.63, 3.8) is 0 Å². The number of carbonyl (C=O) groups excluding carboxylic acids is 4. The van der Waals surface area contributed by atoms with E-state index in [2.05, 4.69) is 13.8 Å². The second-order valence-electron chi connectivity index (χ2n) is 17.6. The Morgan fingerprint density at radius 1 is 1.12 bits per heavy atom. The molecule has 4 bridgehead atoms. The zero-order valence-corrected chi connectivity index (χ0v) is 35.7. The predicted octanol–water partition coefficient (Wildman–Crippen LogP) is 6.92. The summed E-state index contributed by atoms with van der Waals surface area (Å²) in [6.07, 6.45) is 7.13. The Kier molecular flexibility index (Phi) is 13.9. The Labute approximate surface area is 338 Å². The first-order valence-electron chi connectivity index (χ1n) is 20.3. The molecular weight excluding hydrogens is 736 g/mol. The van der Waals surface area contributed by atoms with Gasteiger partial charge in [-0.2, -0.15) is 0 Å². The molecule has 1 aliphatic carbocycles. The first-order chi connectivity index (χ1) is 26.3. The molecule has 2 amide bonds. The standard InChI is InChI=1S/C44H63ClN2O9/c1-25(2)18-30-14-16-32(17-15-30)41(50)46(8)29(6)42(51)55-36-22-37(48)47(9)33-21-31(20-27(4)39(33)45)19-26(3)12-11-13-35(53-10)44(52)23-34(54-38(49)24-44)28(5)40-43(36,7)56-40/h11-13,20-21,25,28-30,32,34-36,40,52H,14-19,22-24H2,1-10H3/b13-11+,26-12+/t28-,29+,30?,32?,34+,35-,36+,40+,43+,44-/m1/s1. The van der Waals surface area contributed by atoms with Gasteiger partial charge < -0.3 is 33.9 Å². The Bertz CT molecular complexity index is 1700. The first-order valence-corrected chi connectivity index (χ1v) is 20.6. The number of amides is 2. The number of halogens is 1. The van der Waals surface area contributed by atoms with Crippen LogP contribution in [0, 0.1) is 30.6 Å². The fourth-order valence-electron chi connectivity index (χ4n) is 9.08. The number of nitrogens with zero attached hydrogens (tertiary/aromatic N) is 2. The van der Waals surface area contributed by atoms with Crippen molar-refractivity contribution >= 4 is 41.0 Å². The smallest absolute Gasteiger partial charge is 0.328 e. The van der Waals surface area contributed by atoms with E-state index in [1.165, 1.54) is 16.9 Å². The molecule has 3 heterocycles. The highest BCUT2D eigenvalue weighted by Gasteiger charge is 2.64. The second kappa shape index (κ2) is 17.7. The van der Waals surface area contributed by atoms with Crippen LogP contribution in [0.3, 0.4) is 0 Å². The summed E-state index contributed by atoms with van der Waals surface area (Å²) in [6, 6.07) is 2.95. The Morgan fingerprint density at radius 2 is 1.80 bits per heavy atom. The van der Waals surface area contributed by atoms with E-state index >= 15 is 0 Å². The molecule has 1 N–H and O–H groups in total. The maximum absolute atomic E-state index is 14.2. The van der Waals surface area contributed by atoms with Crippen molar-refractivity contribution in [3.8, 4) is 0 Å². The van der Waals surface area contributed by atoms with E-state index in [9.17, 15) is 24.3 Å². The van der Waals surface area contributed by atoms with Crippen molar-refractivity contribution in [2.24, 2.45) is 23.7 Å². The van der Waals surface area contributed by atoms with E-state index in [4.69, 9.17) is 30.5 Å². The predicted molar refractivity (Wildman–Crippen MR) is 215 cm³/mol. The normalized spacial score (nSPS) is 34.8. The van der Waals surface area contributed by atoms with E-state index in [1.807, 2.05) is 45.1 Å². The van der Waals surface area contributed by atoms with Crippen LogP contribution in [-0.4, -0.2) is 96.6 Å². The van der Waals surface area contributed by atoms with Gasteiger partial charge in [0.15, 0.2) is 0 Å². The molecule has 0 unspecified atom stereocenters. The van der Waals surface area contributed by atoms with Crippen molar-refractivity contribution in [3.05, 3.63) is 52.1 Å². The lowest BCUT2D eigenvalue weighted by Crippen LogP contribution is -2.53. The third-order valence-electron chi connectivity index (χ3n) is 12.7. The third-order valence-corrected chi connectivity index (χ3v) is 13.2. The number of anilines is 1. The molecule has 8 atom stereocenters. The van der Waals surface area contributed by atoms with E-state index < -0.39 is 59.5 Å². The number of hydrogen-bond donors (Lipinski definition) is 1. The number of likely N-dealkylation sites (N-methyl/N-ethyl adjacent to an activating group) is 1. The van der Waals surface area contributed by atoms with Gasteiger partial charge in [0, 0.05) is 39.5 Å². The molecule has 5 rings (SSSR count). The number of aryl methyl sites for hydroxylation is 1. The summed E-state index contributed by atoms with van der Waals surface area (Å²) in [5.41, 5.74) is 0.556. The molecule has 4 aliphatic rings. The van der Waals surface area contributed by atoms with Crippen molar-refractivity contribution in [1.29, 1.82) is 0 Å². The summed E-state index contributed by atoms with van der Waals surface area (Å²) < 4.78 is 24.1. The van der Waals surface area contributed by atoms with Gasteiger partial charge in [-0.25, -0.2) is 4.79 Å². The molecule has 1 aromatic carbocycles. The number of ether oxygens (including phenoxy) is 4. The zero-order chi connectivity index (χ0) is 41.3. The number of methoxy groups -OCH3 is 1. The number of fused-ring (bicyclic) bond motifs is 5. The average molecular weight is 799 g/mol. The summed E-state index contributed by atoms with van der Waals surface area (Å²) in [6.45, 7) is 13.6. The van der Waals surface area contributed by atoms with Crippen molar-refractivity contribution in [2.45, 2.75) is 148 Å². The fourth-order valence-corrected chi connectivity index (χ4v) is 9.32. The van der Waals surface area contributed by atoms with Crippen LogP contribution in [0.1, 0.15) is 104 Å². The van der Waals surface area contributed by atoms with Crippen LogP contribution >= 0.6 is 11.6 Å². The number of epoxide rings is 1. The summed E-state index contributed by atoms with van der Waals surface area (Å²) in [7, 11) is 4.77. The highest BCUT2D eigenvalue weighted by molar-refractivity contribution is 6.34. The first kappa shape index (κ1) is 43.9. The average Bonchev–Trinajstić information content (AvgIpc) is 3.84. The lowest BCUT2D eigenvalue weighted by atomic mass is 9.78. The van der Waals surface area contributed by atoms with Crippen LogP contribution in [0.5, 0.6) is 0 Å². The summed E-state index contributed by atoms with van der Waals surface area (Å²) >= 11 is 6.82. The maximum Gasteiger partial charge on any atom is 0.328 e. The highest BCUT2D eigenvalue weighted by Crippen LogP contribution is 2.50. The van der Waals surface area contributed by atoms with Crippen molar-refractivity contribution in [2.75, 3.05) is 26.1 Å². The van der Waals surface area contributed by atoms with Crippen LogP contribution in [0.15, 0.2) is 35.9 Å². The number of esters is 2. The van der Waals surface area contributed by atoms with Gasteiger partial charge in [-0.15, -0.1) is 0 Å². The number of aliphatic hydroxyl groups is 1. The van der Waals surface area contributed by atoms with Crippen LogP contribution in [0.25, 0.3) is 0 Å². The quantitative estimate of drug-likeness (QED) is 0.231. The van der Waals surface area contributed by atoms with E-state index in [0.29, 0.717) is 29.0 Å². The van der Waals surface area contributed by atoms with E-state index in [0.717, 1.165) is 48.8 Å². The lowest BCUT2D eigenvalue weighted by Gasteiger charge is -2.41. The van der Waals surface area contributed by atoms with Crippen molar-refractivity contribution in [1.82, 2.24) is 4.90 Å². The molecule has 1 saturated carbocycles. The molecule has 56 heavy (non-hydrogen) atoms. The van der Waals surface area contributed by atoms with Gasteiger partial charge >= 0.3 is 11.9 Å². The number of carbonyl (C=O) groups is 4. The highest BCUT2D eigenvalue weighted by atomic mass is 35.5. The molecule has 0 radical (unpaired) electrons. The SMILES string of the molecule is CO[C@@H]1/C=C/C=C(\C)Cc2cc(C)c(Cl)c(c2)N(C)C(=O)C[C@H](OC(=O)[C@H](C)N(C)C(=O)C2CCC(CC(C)C)CC2)[C@]2(C)O[C@H]2[C@H](C)[C@@H]2C[C@@]1(O)CC(=O)O2. The van der Waals surface area contributed by atoms with Crippen LogP contribution < -0.4 is 4.90 Å². The molecule has 3 fully saturated rings. The van der Waals surface area contributed by atoms with Gasteiger partial charge in [0.2, 0.25) is 11.8 Å². The topological polar surface area (TPSA) is 135 Å². The molecule has 1 aromatic rings. The largest absolute Gasteiger partial charge is 0.462 e. The fraction of sp³-hybridized carbons (Fsp3) is 0.682. The Morgan fingerprint density at radius 3 is 2.45 bits per heavy atom. The second-order valence-corrected chi connectivity index (χ2v) is 18.0. The molecular formula is C44H63ClN2O9. The zero-order valence-electron chi connectivity index (χ0n) is 34.9. The molecule has 12 heteroatoms.